The van der Waals surface area contributed by atoms with Gasteiger partial charge in [0.1, 0.15) is 29.8 Å². The van der Waals surface area contributed by atoms with Crippen molar-refractivity contribution in [3.63, 3.8) is 0 Å². The minimum absolute atomic E-state index is 0.0713. The number of rotatable bonds is 21. The predicted octanol–water partition coefficient (Wildman–Crippen LogP) is 9.69. The van der Waals surface area contributed by atoms with E-state index in [1.807, 2.05) is 91.9 Å². The molecule has 0 N–H and O–H groups in total. The third-order valence-electron chi connectivity index (χ3n) is 10.4. The van der Waals surface area contributed by atoms with Gasteiger partial charge in [-0.25, -0.2) is 16.0 Å². The van der Waals surface area contributed by atoms with Gasteiger partial charge in [-0.3, -0.25) is 0 Å². The molecule has 59 heavy (non-hydrogen) atoms. The maximum absolute atomic E-state index is 13.8. The van der Waals surface area contributed by atoms with Crippen LogP contribution in [0.3, 0.4) is 0 Å². The summed E-state index contributed by atoms with van der Waals surface area (Å²) in [4.78, 5) is 17.3. The first-order valence-electron chi connectivity index (χ1n) is 20.3. The van der Waals surface area contributed by atoms with Gasteiger partial charge in [0, 0.05) is 18.0 Å². The molecule has 1 aliphatic heterocycles. The van der Waals surface area contributed by atoms with E-state index in [0.717, 1.165) is 28.2 Å². The number of ether oxygens (including phenoxy) is 6. The second kappa shape index (κ2) is 22.3. The van der Waals surface area contributed by atoms with Crippen LogP contribution in [0, 0.1) is 12.5 Å². The highest BCUT2D eigenvalue weighted by atomic mass is 31.2. The molecule has 6 unspecified atom stereocenters. The zero-order valence-corrected chi connectivity index (χ0v) is 36.4. The fourth-order valence-corrected chi connectivity index (χ4v) is 9.33. The summed E-state index contributed by atoms with van der Waals surface area (Å²) in [5.74, 6) is 0.711. The van der Waals surface area contributed by atoms with E-state index in [2.05, 4.69) is 44.1 Å². The zero-order chi connectivity index (χ0) is 42.4. The van der Waals surface area contributed by atoms with Crippen LogP contribution in [0.1, 0.15) is 75.0 Å². The smallest absolute Gasteiger partial charge is 0.338 e. The van der Waals surface area contributed by atoms with Crippen LogP contribution in [0.4, 0.5) is 0 Å². The van der Waals surface area contributed by atoms with Gasteiger partial charge in [-0.15, -0.1) is 0 Å². The Morgan fingerprint density at radius 2 is 1.32 bits per heavy atom. The average Bonchev–Trinajstić information content (AvgIpc) is 3.26. The van der Waals surface area contributed by atoms with Crippen molar-refractivity contribution in [2.45, 2.75) is 90.2 Å². The molecule has 0 aromatic heterocycles. The summed E-state index contributed by atoms with van der Waals surface area (Å²) in [6.45, 7) is 20.4. The highest BCUT2D eigenvalue weighted by molar-refractivity contribution is 7.44. The van der Waals surface area contributed by atoms with Crippen LogP contribution < -0.4 is 9.47 Å². The minimum atomic E-state index is -1.68. The molecule has 0 saturated carbocycles. The number of methoxy groups -OCH3 is 2. The van der Waals surface area contributed by atoms with E-state index >= 15 is 0 Å². The lowest BCUT2D eigenvalue weighted by atomic mass is 9.80. The molecule has 4 aromatic rings. The van der Waals surface area contributed by atoms with Gasteiger partial charge in [0.2, 0.25) is 6.54 Å². The van der Waals surface area contributed by atoms with Crippen molar-refractivity contribution in [1.82, 2.24) is 4.67 Å². The van der Waals surface area contributed by atoms with E-state index in [0.29, 0.717) is 12.0 Å². The molecule has 5 rings (SSSR count). The SMILES string of the molecule is [C-]#[N+]CCOP(OC1C(C)C(CC)OC(OCCOC(c2ccccc2)(c2ccc(OC)cc2)c2ccc(OC)cc2)C1OC(=O)c1ccccc1)N(C(C)C)C(C)C. The van der Waals surface area contributed by atoms with Gasteiger partial charge in [-0.05, 0) is 87.2 Å². The van der Waals surface area contributed by atoms with Crippen LogP contribution in [0.25, 0.3) is 4.85 Å². The highest BCUT2D eigenvalue weighted by Crippen LogP contribution is 2.50. The summed E-state index contributed by atoms with van der Waals surface area (Å²) < 4.78 is 53.2. The van der Waals surface area contributed by atoms with Crippen molar-refractivity contribution in [3.8, 4) is 11.5 Å². The second-order valence-corrected chi connectivity index (χ2v) is 16.3. The molecule has 0 radical (unpaired) electrons. The molecule has 12 heteroatoms. The topological polar surface area (TPSA) is 98.5 Å². The molecule has 6 atom stereocenters. The van der Waals surface area contributed by atoms with Crippen molar-refractivity contribution in [2.75, 3.05) is 40.6 Å². The first-order valence-corrected chi connectivity index (χ1v) is 21.4. The van der Waals surface area contributed by atoms with Crippen molar-refractivity contribution in [3.05, 3.63) is 143 Å². The number of carbonyl (C=O) groups is 1. The van der Waals surface area contributed by atoms with Gasteiger partial charge >= 0.3 is 5.97 Å². The van der Waals surface area contributed by atoms with E-state index in [1.165, 1.54) is 0 Å². The Morgan fingerprint density at radius 3 is 1.83 bits per heavy atom. The Morgan fingerprint density at radius 1 is 0.780 bits per heavy atom. The Bertz CT molecular complexity index is 1840. The van der Waals surface area contributed by atoms with Crippen LogP contribution in [0.5, 0.6) is 11.5 Å². The van der Waals surface area contributed by atoms with Crippen LogP contribution in [-0.2, 0) is 33.6 Å². The van der Waals surface area contributed by atoms with Gasteiger partial charge in [0.15, 0.2) is 12.4 Å². The molecule has 4 aromatic carbocycles. The van der Waals surface area contributed by atoms with E-state index in [-0.39, 0.29) is 50.5 Å². The molecular weight excluding hydrogens is 767 g/mol. The highest BCUT2D eigenvalue weighted by Gasteiger charge is 2.49. The number of benzene rings is 4. The fourth-order valence-electron chi connectivity index (χ4n) is 7.51. The Balaban J connectivity index is 1.50. The van der Waals surface area contributed by atoms with Crippen LogP contribution in [0.2, 0.25) is 0 Å². The minimum Gasteiger partial charge on any atom is -0.497 e. The van der Waals surface area contributed by atoms with Gasteiger partial charge in [0.25, 0.3) is 8.53 Å². The number of hydrogen-bond acceptors (Lipinski definition) is 10. The number of carbonyl (C=O) groups excluding carboxylic acids is 1. The standard InChI is InChI=1S/C47H59N2O9P/c1-10-42-35(6)43(58-59(55-30-29-48-7)49(33(2)3)34(4)5)44(57-45(50)36-17-13-11-14-18-36)46(56-42)53-31-32-54-47(37-19-15-12-16-20-37,38-21-25-40(51-8)26-22-38)39-23-27-41(52-9)28-24-39/h11-28,33-35,42-44,46H,10,29-32H2,1-6,8-9H3. The molecule has 0 bridgehead atoms. The normalized spacial score (nSPS) is 20.0. The van der Waals surface area contributed by atoms with Crippen molar-refractivity contribution >= 4 is 14.5 Å². The lowest BCUT2D eigenvalue weighted by Gasteiger charge is -2.46. The molecule has 0 amide bonds. The van der Waals surface area contributed by atoms with Crippen molar-refractivity contribution in [2.24, 2.45) is 5.92 Å². The zero-order valence-electron chi connectivity index (χ0n) is 35.5. The summed E-state index contributed by atoms with van der Waals surface area (Å²) in [6.07, 6.45) is -2.27. The van der Waals surface area contributed by atoms with Gasteiger partial charge in [-0.2, -0.15) is 0 Å². The second-order valence-electron chi connectivity index (χ2n) is 14.9. The first kappa shape index (κ1) is 45.7. The van der Waals surface area contributed by atoms with Gasteiger partial charge in [0.05, 0.1) is 39.1 Å². The Hall–Kier alpha value is -4.37. The van der Waals surface area contributed by atoms with E-state index in [1.54, 1.807) is 38.5 Å². The molecule has 1 heterocycles. The third kappa shape index (κ3) is 11.3. The molecule has 1 aliphatic rings. The predicted molar refractivity (Wildman–Crippen MR) is 229 cm³/mol. The summed E-state index contributed by atoms with van der Waals surface area (Å²) in [5, 5.41) is 0. The fraction of sp³-hybridized carbons (Fsp3) is 0.447. The van der Waals surface area contributed by atoms with E-state index in [9.17, 15) is 4.79 Å². The largest absolute Gasteiger partial charge is 0.497 e. The Kier molecular flexibility index (Phi) is 17.3. The maximum atomic E-state index is 13.8. The monoisotopic (exact) mass is 826 g/mol. The number of nitrogens with zero attached hydrogens (tertiary/aromatic N) is 2. The lowest BCUT2D eigenvalue weighted by Crippen LogP contribution is -2.57. The summed E-state index contributed by atoms with van der Waals surface area (Å²) in [7, 11) is 1.60. The van der Waals surface area contributed by atoms with E-state index < -0.39 is 38.6 Å². The molecule has 0 spiro atoms. The summed E-state index contributed by atoms with van der Waals surface area (Å²) in [6, 6.07) is 34.8. The first-order chi connectivity index (χ1) is 28.6. The molecule has 316 valence electrons. The summed E-state index contributed by atoms with van der Waals surface area (Å²) >= 11 is 0. The van der Waals surface area contributed by atoms with Crippen molar-refractivity contribution < 1.29 is 42.3 Å². The maximum Gasteiger partial charge on any atom is 0.338 e. The van der Waals surface area contributed by atoms with Gasteiger partial charge < -0.3 is 42.3 Å². The lowest BCUT2D eigenvalue weighted by molar-refractivity contribution is -0.282. The summed E-state index contributed by atoms with van der Waals surface area (Å²) in [5.41, 5.74) is 2.03. The molecule has 1 saturated heterocycles. The molecular formula is C47H59N2O9P. The van der Waals surface area contributed by atoms with Crippen molar-refractivity contribution in [1.29, 1.82) is 0 Å². The van der Waals surface area contributed by atoms with Crippen LogP contribution >= 0.6 is 8.53 Å². The van der Waals surface area contributed by atoms with Crippen LogP contribution in [0.15, 0.2) is 109 Å². The number of hydrogen-bond donors (Lipinski definition) is 0. The molecule has 1 fully saturated rings. The Labute approximate surface area is 351 Å². The van der Waals surface area contributed by atoms with E-state index in [4.69, 9.17) is 44.0 Å². The molecule has 11 nitrogen and oxygen atoms in total. The average molecular weight is 827 g/mol. The van der Waals surface area contributed by atoms with Crippen LogP contribution in [-0.4, -0.2) is 87.9 Å². The third-order valence-corrected chi connectivity index (χ3v) is 12.5. The quantitative estimate of drug-likeness (QED) is 0.0266. The number of esters is 1. The molecule has 0 aliphatic carbocycles. The van der Waals surface area contributed by atoms with Gasteiger partial charge in [-0.1, -0.05) is 86.6 Å².